The first kappa shape index (κ1) is 57.4. The summed E-state index contributed by atoms with van der Waals surface area (Å²) in [6.07, 6.45) is 2.55. The van der Waals surface area contributed by atoms with Crippen LogP contribution < -0.4 is 15.8 Å². The predicted molar refractivity (Wildman–Crippen MR) is 244 cm³/mol. The number of aliphatic hydroxyl groups is 1. The second kappa shape index (κ2) is 33.5. The Kier molecular flexibility index (Phi) is 27.9. The maximum absolute atomic E-state index is 13.6. The molecule has 0 unspecified atom stereocenters. The van der Waals surface area contributed by atoms with Crippen molar-refractivity contribution in [2.75, 3.05) is 158 Å². The van der Waals surface area contributed by atoms with Gasteiger partial charge >= 0.3 is 5.97 Å². The highest BCUT2D eigenvalue weighted by Crippen LogP contribution is 2.34. The zero-order chi connectivity index (χ0) is 49.5. The zero-order valence-electron chi connectivity index (χ0n) is 39.0. The fraction of sp³-hybridized carbons (Fsp3) is 0.630. The van der Waals surface area contributed by atoms with Crippen LogP contribution in [0.3, 0.4) is 0 Å². The van der Waals surface area contributed by atoms with Crippen LogP contribution in [0, 0.1) is 35.1 Å². The summed E-state index contributed by atoms with van der Waals surface area (Å²) in [4.78, 5) is 32.3. The number of nitrogens with one attached hydrogen (secondary N) is 1. The van der Waals surface area contributed by atoms with Gasteiger partial charge in [-0.25, -0.2) is 13.8 Å². The summed E-state index contributed by atoms with van der Waals surface area (Å²) in [5, 5.41) is 13.7. The second-order valence-corrected chi connectivity index (χ2v) is 16.3. The van der Waals surface area contributed by atoms with Crippen molar-refractivity contribution in [2.45, 2.75) is 31.8 Å². The summed E-state index contributed by atoms with van der Waals surface area (Å²) >= 11 is 1.42. The SMILES string of the molecule is CCCNC(=O)C1=Cc2sc(C#CC3(O)CN(CCOCCOCCOCCOCCOCCOCCOCCOCCOCCOCCC(=O)Oc4c(F)c(F)cc(F)c4F)C3)cc2N=C(N)C1. The number of carbonyl (C=O) groups excluding carboxylic acids is 2. The molecular formula is C46H64F4N4O14S. The Bertz CT molecular complexity index is 1950. The number of nitrogens with zero attached hydrogens (tertiary/aromatic N) is 2. The molecule has 1 fully saturated rings. The number of amides is 1. The number of esters is 1. The van der Waals surface area contributed by atoms with Gasteiger partial charge in [0.2, 0.25) is 23.3 Å². The third-order valence-electron chi connectivity index (χ3n) is 9.53. The third-order valence-corrected chi connectivity index (χ3v) is 10.5. The van der Waals surface area contributed by atoms with Crippen molar-refractivity contribution in [2.24, 2.45) is 10.7 Å². The highest BCUT2D eigenvalue weighted by atomic mass is 32.1. The van der Waals surface area contributed by atoms with E-state index in [1.54, 1.807) is 0 Å². The van der Waals surface area contributed by atoms with Crippen molar-refractivity contribution in [1.82, 2.24) is 10.2 Å². The van der Waals surface area contributed by atoms with Gasteiger partial charge in [0, 0.05) is 44.2 Å². The van der Waals surface area contributed by atoms with Gasteiger partial charge < -0.3 is 68.3 Å². The number of ether oxygens (including phenoxy) is 11. The Hall–Kier alpha value is -4.13. The summed E-state index contributed by atoms with van der Waals surface area (Å²) in [6, 6.07) is 1.85. The molecule has 23 heteroatoms. The number of β-amino-alcohol motifs (C(OH)–C–C–N with tert-alkyl or cyclic N) is 1. The number of thiophene rings is 1. The van der Waals surface area contributed by atoms with E-state index in [0.29, 0.717) is 156 Å². The quantitative estimate of drug-likeness (QED) is 0.0222. The number of amidine groups is 1. The van der Waals surface area contributed by atoms with Gasteiger partial charge in [0.15, 0.2) is 17.2 Å². The molecule has 0 saturated carbocycles. The molecule has 386 valence electrons. The largest absolute Gasteiger partial charge is 0.420 e. The molecule has 69 heavy (non-hydrogen) atoms. The van der Waals surface area contributed by atoms with Gasteiger partial charge in [-0.05, 0) is 18.6 Å². The first-order chi connectivity index (χ1) is 33.5. The number of hydrogen-bond donors (Lipinski definition) is 3. The van der Waals surface area contributed by atoms with E-state index in [-0.39, 0.29) is 38.2 Å². The van der Waals surface area contributed by atoms with Crippen LogP contribution in [0.15, 0.2) is 22.7 Å². The minimum Gasteiger partial charge on any atom is -0.420 e. The summed E-state index contributed by atoms with van der Waals surface area (Å²) in [6.45, 7) is 11.3. The lowest BCUT2D eigenvalue weighted by molar-refractivity contribution is -0.136. The molecule has 4 N–H and O–H groups in total. The Labute approximate surface area is 403 Å². The van der Waals surface area contributed by atoms with Gasteiger partial charge in [-0.1, -0.05) is 18.8 Å². The molecule has 2 aromatic rings. The van der Waals surface area contributed by atoms with Crippen LogP contribution in [-0.2, 0) is 57.0 Å². The number of halogens is 4. The van der Waals surface area contributed by atoms with Gasteiger partial charge in [-0.3, -0.25) is 14.5 Å². The molecule has 0 bridgehead atoms. The van der Waals surface area contributed by atoms with Crippen LogP contribution in [0.4, 0.5) is 23.2 Å². The molecule has 1 aromatic carbocycles. The van der Waals surface area contributed by atoms with E-state index in [9.17, 15) is 32.3 Å². The van der Waals surface area contributed by atoms with Gasteiger partial charge in [-0.15, -0.1) is 11.3 Å². The molecule has 0 spiro atoms. The number of carbonyl (C=O) groups is 2. The molecule has 18 nitrogen and oxygen atoms in total. The van der Waals surface area contributed by atoms with Crippen LogP contribution in [0.1, 0.15) is 35.9 Å². The molecule has 2 aliphatic rings. The van der Waals surface area contributed by atoms with E-state index in [4.69, 9.17) is 53.1 Å². The first-order valence-corrected chi connectivity index (χ1v) is 23.5. The van der Waals surface area contributed by atoms with Crippen molar-refractivity contribution in [1.29, 1.82) is 0 Å². The van der Waals surface area contributed by atoms with E-state index < -0.39 is 47.0 Å². The Morgan fingerprint density at radius 1 is 0.725 bits per heavy atom. The predicted octanol–water partition coefficient (Wildman–Crippen LogP) is 3.17. The van der Waals surface area contributed by atoms with E-state index in [2.05, 4.69) is 31.8 Å². The minimum atomic E-state index is -1.80. The molecule has 4 rings (SSSR count). The molecule has 0 aliphatic carbocycles. The Balaban J connectivity index is 0.820. The Morgan fingerprint density at radius 3 is 1.64 bits per heavy atom. The van der Waals surface area contributed by atoms with Crippen molar-refractivity contribution in [3.05, 3.63) is 50.7 Å². The van der Waals surface area contributed by atoms with Gasteiger partial charge in [0.05, 0.1) is 154 Å². The third kappa shape index (κ3) is 23.1. The molecular weight excluding hydrogens is 941 g/mol. The average molecular weight is 1010 g/mol. The number of rotatable bonds is 37. The number of benzene rings is 1. The van der Waals surface area contributed by atoms with Gasteiger partial charge in [-0.2, -0.15) is 8.78 Å². The van der Waals surface area contributed by atoms with E-state index in [1.165, 1.54) is 11.3 Å². The van der Waals surface area contributed by atoms with Crippen LogP contribution in [0.2, 0.25) is 0 Å². The van der Waals surface area contributed by atoms with Crippen molar-refractivity contribution < 1.29 is 84.4 Å². The number of likely N-dealkylation sites (tertiary alicyclic amines) is 1. The fourth-order valence-corrected chi connectivity index (χ4v) is 7.01. The van der Waals surface area contributed by atoms with Gasteiger partial charge in [0.1, 0.15) is 5.84 Å². The van der Waals surface area contributed by atoms with Crippen molar-refractivity contribution >= 4 is 40.8 Å². The summed E-state index contributed by atoms with van der Waals surface area (Å²) in [5.74, 6) is -3.23. The summed E-state index contributed by atoms with van der Waals surface area (Å²) < 4.78 is 112. The summed E-state index contributed by atoms with van der Waals surface area (Å²) in [5.41, 5.74) is 6.21. The number of hydrogen-bond acceptors (Lipinski definition) is 18. The fourth-order valence-electron chi connectivity index (χ4n) is 6.09. The lowest BCUT2D eigenvalue weighted by Gasteiger charge is -2.43. The second-order valence-electron chi connectivity index (χ2n) is 15.2. The van der Waals surface area contributed by atoms with Crippen LogP contribution in [0.25, 0.3) is 6.08 Å². The topological polar surface area (TPSA) is 210 Å². The van der Waals surface area contributed by atoms with Crippen molar-refractivity contribution in [3.63, 3.8) is 0 Å². The maximum Gasteiger partial charge on any atom is 0.313 e. The maximum atomic E-state index is 13.6. The van der Waals surface area contributed by atoms with E-state index >= 15 is 0 Å². The Morgan fingerprint density at radius 2 is 1.17 bits per heavy atom. The van der Waals surface area contributed by atoms with Crippen LogP contribution >= 0.6 is 11.3 Å². The molecule has 1 aromatic heterocycles. The molecule has 1 saturated heterocycles. The minimum absolute atomic E-state index is 0.0156. The standard InChI is InChI=1S/C46H64F4N4O14S/c1-2-6-52-45(56)34-28-39-38(53-40(51)29-34)30-35(69-39)3-5-46(57)32-54(33-46)7-9-59-11-13-61-15-17-63-19-21-65-23-25-67-27-26-66-24-22-64-20-18-62-16-14-60-12-10-58-8-4-41(55)68-44-42(49)36(47)31-37(48)43(44)50/h28,30-31,57H,2,4,6-27,29,32-33H2,1H3,(H2,51,53)(H,52,56). The lowest BCUT2D eigenvalue weighted by Crippen LogP contribution is -2.61. The molecule has 0 atom stereocenters. The number of aliphatic imine (C=N–C) groups is 1. The molecule has 1 amide bonds. The first-order valence-electron chi connectivity index (χ1n) is 22.7. The van der Waals surface area contributed by atoms with Crippen LogP contribution in [0.5, 0.6) is 5.75 Å². The van der Waals surface area contributed by atoms with Crippen molar-refractivity contribution in [3.8, 4) is 17.6 Å². The molecule has 2 aliphatic heterocycles. The van der Waals surface area contributed by atoms with E-state index in [1.807, 2.05) is 19.1 Å². The average Bonchev–Trinajstić information content (AvgIpc) is 3.62. The molecule has 0 radical (unpaired) electrons. The number of nitrogens with two attached hydrogens (primary N) is 1. The zero-order valence-corrected chi connectivity index (χ0v) is 39.8. The number of fused-ring (bicyclic) bond motifs is 1. The van der Waals surface area contributed by atoms with Gasteiger partial charge in [0.25, 0.3) is 0 Å². The highest BCUT2D eigenvalue weighted by molar-refractivity contribution is 7.14. The molecule has 3 heterocycles. The summed E-state index contributed by atoms with van der Waals surface area (Å²) in [7, 11) is 0. The van der Waals surface area contributed by atoms with E-state index in [0.717, 1.165) is 16.2 Å². The monoisotopic (exact) mass is 1000 g/mol. The smallest absolute Gasteiger partial charge is 0.313 e. The normalized spacial score (nSPS) is 14.3. The van der Waals surface area contributed by atoms with Crippen LogP contribution in [-0.4, -0.2) is 192 Å². The highest BCUT2D eigenvalue weighted by Gasteiger charge is 2.39. The lowest BCUT2D eigenvalue weighted by atomic mass is 9.95.